The first-order valence-electron chi connectivity index (χ1n) is 5.90. The molecule has 2 rings (SSSR count). The third kappa shape index (κ3) is 2.66. The molecule has 0 amide bonds. The summed E-state index contributed by atoms with van der Waals surface area (Å²) < 4.78 is 26.3. The molecule has 6 nitrogen and oxygen atoms in total. The molecule has 0 spiro atoms. The second kappa shape index (κ2) is 5.20. The molecule has 0 radical (unpaired) electrons. The third-order valence-corrected chi connectivity index (χ3v) is 6.44. The van der Waals surface area contributed by atoms with Crippen molar-refractivity contribution in [3.05, 3.63) is 15.8 Å². The molecule has 2 heterocycles. The molecule has 19 heavy (non-hydrogen) atoms. The van der Waals surface area contributed by atoms with Crippen molar-refractivity contribution in [1.29, 1.82) is 0 Å². The molecule has 0 aliphatic carbocycles. The second-order valence-corrected chi connectivity index (χ2v) is 7.75. The van der Waals surface area contributed by atoms with Crippen LogP contribution in [0.1, 0.15) is 21.0 Å². The predicted octanol–water partition coefficient (Wildman–Crippen LogP) is 0.724. The van der Waals surface area contributed by atoms with Crippen molar-refractivity contribution in [3.63, 3.8) is 0 Å². The number of carbonyl (C=O) groups is 1. The Morgan fingerprint density at radius 1 is 1.63 bits per heavy atom. The Labute approximate surface area is 115 Å². The lowest BCUT2D eigenvalue weighted by Gasteiger charge is -2.15. The molecule has 1 aromatic rings. The molecule has 106 valence electrons. The molecular weight excluding hydrogens is 288 g/mol. The lowest BCUT2D eigenvalue weighted by Crippen LogP contribution is -2.30. The average Bonchev–Trinajstić information content (AvgIpc) is 2.95. The first-order chi connectivity index (χ1) is 8.86. The number of nitrogens with zero attached hydrogens (tertiary/aromatic N) is 1. The minimum absolute atomic E-state index is 0.0469. The van der Waals surface area contributed by atoms with Gasteiger partial charge in [-0.05, 0) is 31.9 Å². The average molecular weight is 304 g/mol. The number of hydrogen-bond acceptors (Lipinski definition) is 5. The smallest absolute Gasteiger partial charge is 0.345 e. The van der Waals surface area contributed by atoms with Gasteiger partial charge in [-0.15, -0.1) is 11.3 Å². The fraction of sp³-hybridized carbons (Fsp3) is 0.545. The summed E-state index contributed by atoms with van der Waals surface area (Å²) in [7, 11) is -3.60. The van der Waals surface area contributed by atoms with Gasteiger partial charge in [-0.3, -0.25) is 0 Å². The molecule has 3 N–H and O–H groups in total. The number of aromatic carboxylic acids is 1. The second-order valence-electron chi connectivity index (χ2n) is 4.59. The van der Waals surface area contributed by atoms with Gasteiger partial charge in [0.05, 0.1) is 4.90 Å². The maximum absolute atomic E-state index is 12.5. The summed E-state index contributed by atoms with van der Waals surface area (Å²) in [4.78, 5) is 11.6. The molecule has 1 aliphatic rings. The Morgan fingerprint density at radius 2 is 2.32 bits per heavy atom. The number of rotatable bonds is 4. The summed E-state index contributed by atoms with van der Waals surface area (Å²) in [5.41, 5.74) is 5.55. The minimum atomic E-state index is -3.60. The Kier molecular flexibility index (Phi) is 3.95. The molecule has 1 fully saturated rings. The summed E-state index contributed by atoms with van der Waals surface area (Å²) in [6.45, 7) is 2.95. The standard InChI is InChI=1S/C11H16N2O4S2/c1-7-10(4-9(18-7)11(14)15)19(16,17)13-3-2-8(5-12)6-13/h4,8H,2-3,5-6,12H2,1H3,(H,14,15). The number of aryl methyl sites for hydroxylation is 1. The van der Waals surface area contributed by atoms with Crippen molar-refractivity contribution >= 4 is 27.3 Å². The van der Waals surface area contributed by atoms with Crippen LogP contribution in [0.4, 0.5) is 0 Å². The highest BCUT2D eigenvalue weighted by Gasteiger charge is 2.34. The van der Waals surface area contributed by atoms with Crippen LogP contribution in [0.15, 0.2) is 11.0 Å². The molecule has 1 unspecified atom stereocenters. The van der Waals surface area contributed by atoms with E-state index in [0.29, 0.717) is 24.5 Å². The Balaban J connectivity index is 2.32. The maximum atomic E-state index is 12.5. The lowest BCUT2D eigenvalue weighted by molar-refractivity contribution is 0.0702. The van der Waals surface area contributed by atoms with E-state index in [0.717, 1.165) is 17.8 Å². The van der Waals surface area contributed by atoms with Crippen molar-refractivity contribution in [2.75, 3.05) is 19.6 Å². The van der Waals surface area contributed by atoms with Gasteiger partial charge in [0.2, 0.25) is 10.0 Å². The van der Waals surface area contributed by atoms with Crippen LogP contribution in [0.3, 0.4) is 0 Å². The van der Waals surface area contributed by atoms with Crippen molar-refractivity contribution in [2.45, 2.75) is 18.2 Å². The van der Waals surface area contributed by atoms with E-state index in [9.17, 15) is 13.2 Å². The summed E-state index contributed by atoms with van der Waals surface area (Å²) in [6.07, 6.45) is 0.755. The molecule has 1 aliphatic heterocycles. The van der Waals surface area contributed by atoms with E-state index in [2.05, 4.69) is 0 Å². The molecule has 1 saturated heterocycles. The maximum Gasteiger partial charge on any atom is 0.345 e. The molecular formula is C11H16N2O4S2. The van der Waals surface area contributed by atoms with Crippen LogP contribution in [0.2, 0.25) is 0 Å². The summed E-state index contributed by atoms with van der Waals surface area (Å²) in [5, 5.41) is 8.92. The van der Waals surface area contributed by atoms with E-state index in [-0.39, 0.29) is 15.7 Å². The SMILES string of the molecule is Cc1sc(C(=O)O)cc1S(=O)(=O)N1CCC(CN)C1. The molecule has 0 aromatic carbocycles. The highest BCUT2D eigenvalue weighted by molar-refractivity contribution is 7.89. The predicted molar refractivity (Wildman–Crippen MR) is 71.9 cm³/mol. The van der Waals surface area contributed by atoms with Crippen LogP contribution in [0.25, 0.3) is 0 Å². The quantitative estimate of drug-likeness (QED) is 0.854. The topological polar surface area (TPSA) is 101 Å². The van der Waals surface area contributed by atoms with Gasteiger partial charge in [-0.25, -0.2) is 13.2 Å². The molecule has 8 heteroatoms. The van der Waals surface area contributed by atoms with Crippen molar-refractivity contribution in [3.8, 4) is 0 Å². The van der Waals surface area contributed by atoms with Gasteiger partial charge in [-0.2, -0.15) is 4.31 Å². The highest BCUT2D eigenvalue weighted by atomic mass is 32.2. The summed E-state index contributed by atoms with van der Waals surface area (Å²) in [5.74, 6) is -0.913. The van der Waals surface area contributed by atoms with Crippen LogP contribution in [-0.4, -0.2) is 43.4 Å². The van der Waals surface area contributed by atoms with Gasteiger partial charge in [0, 0.05) is 18.0 Å². The van der Waals surface area contributed by atoms with E-state index in [1.54, 1.807) is 6.92 Å². The molecule has 1 aromatic heterocycles. The van der Waals surface area contributed by atoms with Gasteiger partial charge in [-0.1, -0.05) is 0 Å². The van der Waals surface area contributed by atoms with E-state index >= 15 is 0 Å². The number of nitrogens with two attached hydrogens (primary N) is 1. The summed E-state index contributed by atoms with van der Waals surface area (Å²) in [6, 6.07) is 1.24. The fourth-order valence-corrected chi connectivity index (χ4v) is 5.10. The van der Waals surface area contributed by atoms with Crippen molar-refractivity contribution < 1.29 is 18.3 Å². The van der Waals surface area contributed by atoms with Crippen molar-refractivity contribution in [2.24, 2.45) is 11.7 Å². The van der Waals surface area contributed by atoms with Crippen molar-refractivity contribution in [1.82, 2.24) is 4.31 Å². The number of thiophene rings is 1. The van der Waals surface area contributed by atoms with Gasteiger partial charge < -0.3 is 10.8 Å². The largest absolute Gasteiger partial charge is 0.477 e. The highest BCUT2D eigenvalue weighted by Crippen LogP contribution is 2.30. The van der Waals surface area contributed by atoms with E-state index in [4.69, 9.17) is 10.8 Å². The normalized spacial score (nSPS) is 20.8. The zero-order valence-electron chi connectivity index (χ0n) is 10.5. The van der Waals surface area contributed by atoms with E-state index < -0.39 is 16.0 Å². The Hall–Kier alpha value is -0.960. The van der Waals surface area contributed by atoms with Crippen LogP contribution in [0.5, 0.6) is 0 Å². The van der Waals surface area contributed by atoms with Crippen LogP contribution < -0.4 is 5.73 Å². The van der Waals surface area contributed by atoms with E-state index in [1.807, 2.05) is 0 Å². The summed E-state index contributed by atoms with van der Waals surface area (Å²) >= 11 is 0.985. The molecule has 0 saturated carbocycles. The fourth-order valence-electron chi connectivity index (χ4n) is 2.17. The number of carboxylic acids is 1. The lowest BCUT2D eigenvalue weighted by atomic mass is 10.1. The minimum Gasteiger partial charge on any atom is -0.477 e. The van der Waals surface area contributed by atoms with Gasteiger partial charge >= 0.3 is 5.97 Å². The first kappa shape index (κ1) is 14.4. The first-order valence-corrected chi connectivity index (χ1v) is 8.16. The number of sulfonamides is 1. The number of hydrogen-bond donors (Lipinski definition) is 2. The zero-order chi connectivity index (χ0) is 14.2. The number of carboxylic acid groups (broad SMARTS) is 1. The Bertz CT molecular complexity index is 594. The molecule has 0 bridgehead atoms. The monoisotopic (exact) mass is 304 g/mol. The van der Waals surface area contributed by atoms with Gasteiger partial charge in [0.15, 0.2) is 0 Å². The Morgan fingerprint density at radius 3 is 2.79 bits per heavy atom. The van der Waals surface area contributed by atoms with Crippen LogP contribution >= 0.6 is 11.3 Å². The van der Waals surface area contributed by atoms with E-state index in [1.165, 1.54) is 10.4 Å². The van der Waals surface area contributed by atoms with Crippen LogP contribution in [0, 0.1) is 12.8 Å². The third-order valence-electron chi connectivity index (χ3n) is 3.28. The van der Waals surface area contributed by atoms with Gasteiger partial charge in [0.25, 0.3) is 0 Å². The molecule has 1 atom stereocenters. The van der Waals surface area contributed by atoms with Crippen LogP contribution in [-0.2, 0) is 10.0 Å². The zero-order valence-corrected chi connectivity index (χ0v) is 12.1. The van der Waals surface area contributed by atoms with Gasteiger partial charge in [0.1, 0.15) is 4.88 Å².